The second-order valence-corrected chi connectivity index (χ2v) is 5.24. The third kappa shape index (κ3) is 3.02. The Morgan fingerprint density at radius 3 is 2.38 bits per heavy atom. The monoisotopic (exact) mass is 283 g/mol. The van der Waals surface area contributed by atoms with Crippen molar-refractivity contribution in [2.75, 3.05) is 18.0 Å². The van der Waals surface area contributed by atoms with Gasteiger partial charge in [-0.2, -0.15) is 0 Å². The highest BCUT2D eigenvalue weighted by atomic mass is 16.4. The van der Waals surface area contributed by atoms with Crippen LogP contribution in [0.5, 0.6) is 0 Å². The fourth-order valence-electron chi connectivity index (χ4n) is 2.76. The number of nitrogens with zero attached hydrogens (tertiary/aromatic N) is 3. The van der Waals surface area contributed by atoms with E-state index in [1.54, 1.807) is 6.20 Å². The minimum Gasteiger partial charge on any atom is -0.476 e. The van der Waals surface area contributed by atoms with Crippen molar-refractivity contribution in [3.05, 3.63) is 54.0 Å². The van der Waals surface area contributed by atoms with Crippen LogP contribution in [0.25, 0.3) is 0 Å². The summed E-state index contributed by atoms with van der Waals surface area (Å²) in [6.07, 6.45) is 5.02. The Labute approximate surface area is 123 Å². The van der Waals surface area contributed by atoms with E-state index in [9.17, 15) is 4.79 Å². The number of aromatic carboxylic acids is 1. The first-order valence-corrected chi connectivity index (χ1v) is 7.09. The summed E-state index contributed by atoms with van der Waals surface area (Å²) in [4.78, 5) is 21.1. The van der Waals surface area contributed by atoms with E-state index in [2.05, 4.69) is 39.1 Å². The van der Waals surface area contributed by atoms with Crippen LogP contribution in [0.2, 0.25) is 0 Å². The molecule has 5 nitrogen and oxygen atoms in total. The first-order chi connectivity index (χ1) is 10.2. The van der Waals surface area contributed by atoms with Gasteiger partial charge in [0, 0.05) is 13.1 Å². The van der Waals surface area contributed by atoms with Crippen molar-refractivity contribution in [2.45, 2.75) is 18.8 Å². The maximum atomic E-state index is 10.8. The summed E-state index contributed by atoms with van der Waals surface area (Å²) in [6.45, 7) is 1.83. The standard InChI is InChI=1S/C16H17N3O2/c20-16(21)14-10-18-15(11-17-14)19-8-6-13(7-9-19)12-4-2-1-3-5-12/h1-5,10-11,13H,6-9H2,(H,20,21). The van der Waals surface area contributed by atoms with Gasteiger partial charge in [-0.05, 0) is 24.3 Å². The Bertz CT molecular complexity index is 605. The number of carboxylic acid groups (broad SMARTS) is 1. The Morgan fingerprint density at radius 1 is 1.10 bits per heavy atom. The molecule has 3 rings (SSSR count). The molecule has 21 heavy (non-hydrogen) atoms. The Kier molecular flexibility index (Phi) is 3.81. The van der Waals surface area contributed by atoms with Crippen molar-refractivity contribution in [1.82, 2.24) is 9.97 Å². The van der Waals surface area contributed by atoms with Crippen LogP contribution in [0.1, 0.15) is 34.8 Å². The van der Waals surface area contributed by atoms with Crippen LogP contribution in [-0.2, 0) is 0 Å². The fraction of sp³-hybridized carbons (Fsp3) is 0.312. The largest absolute Gasteiger partial charge is 0.476 e. The van der Waals surface area contributed by atoms with E-state index in [0.717, 1.165) is 31.7 Å². The zero-order valence-electron chi connectivity index (χ0n) is 11.6. The van der Waals surface area contributed by atoms with E-state index in [1.165, 1.54) is 11.8 Å². The van der Waals surface area contributed by atoms with Gasteiger partial charge in [0.15, 0.2) is 5.69 Å². The molecule has 1 aromatic heterocycles. The van der Waals surface area contributed by atoms with Crippen LogP contribution >= 0.6 is 0 Å². The molecule has 1 aliphatic heterocycles. The second-order valence-electron chi connectivity index (χ2n) is 5.24. The molecule has 1 aromatic carbocycles. The predicted octanol–water partition coefficient (Wildman–Crippen LogP) is 2.56. The maximum absolute atomic E-state index is 10.8. The summed E-state index contributed by atoms with van der Waals surface area (Å²) in [7, 11) is 0. The van der Waals surface area contributed by atoms with Crippen LogP contribution in [0.3, 0.4) is 0 Å². The first-order valence-electron chi connectivity index (χ1n) is 7.09. The summed E-state index contributed by atoms with van der Waals surface area (Å²) < 4.78 is 0. The summed E-state index contributed by atoms with van der Waals surface area (Å²) in [5.41, 5.74) is 1.38. The molecule has 1 N–H and O–H groups in total. The number of piperidine rings is 1. The lowest BCUT2D eigenvalue weighted by Crippen LogP contribution is -2.33. The number of carbonyl (C=O) groups is 1. The minimum atomic E-state index is -1.04. The summed E-state index contributed by atoms with van der Waals surface area (Å²) in [5.74, 6) is 0.303. The average Bonchev–Trinajstić information content (AvgIpc) is 2.56. The van der Waals surface area contributed by atoms with Crippen molar-refractivity contribution < 1.29 is 9.90 Å². The van der Waals surface area contributed by atoms with Crippen LogP contribution in [-0.4, -0.2) is 34.1 Å². The van der Waals surface area contributed by atoms with Crippen LogP contribution < -0.4 is 4.90 Å². The summed E-state index contributed by atoms with van der Waals surface area (Å²) in [6, 6.07) is 10.6. The fourth-order valence-corrected chi connectivity index (χ4v) is 2.76. The topological polar surface area (TPSA) is 66.3 Å². The molecule has 0 radical (unpaired) electrons. The van der Waals surface area contributed by atoms with Crippen molar-refractivity contribution in [3.8, 4) is 0 Å². The summed E-state index contributed by atoms with van der Waals surface area (Å²) >= 11 is 0. The molecule has 0 bridgehead atoms. The van der Waals surface area contributed by atoms with Gasteiger partial charge in [0.25, 0.3) is 0 Å². The Hall–Kier alpha value is -2.43. The molecule has 1 aliphatic rings. The van der Waals surface area contributed by atoms with Gasteiger partial charge in [-0.3, -0.25) is 0 Å². The SMILES string of the molecule is O=C(O)c1cnc(N2CCC(c3ccccc3)CC2)cn1. The number of aromatic nitrogens is 2. The number of anilines is 1. The molecule has 0 unspecified atom stereocenters. The number of carboxylic acids is 1. The number of hydrogen-bond acceptors (Lipinski definition) is 4. The third-order valence-electron chi connectivity index (χ3n) is 3.95. The van der Waals surface area contributed by atoms with E-state index >= 15 is 0 Å². The van der Waals surface area contributed by atoms with E-state index in [1.807, 2.05) is 6.07 Å². The van der Waals surface area contributed by atoms with Crippen molar-refractivity contribution in [3.63, 3.8) is 0 Å². The summed E-state index contributed by atoms with van der Waals surface area (Å²) in [5, 5.41) is 8.83. The minimum absolute atomic E-state index is 0.0158. The molecular weight excluding hydrogens is 266 g/mol. The van der Waals surface area contributed by atoms with Gasteiger partial charge < -0.3 is 10.0 Å². The molecule has 0 amide bonds. The second kappa shape index (κ2) is 5.91. The normalized spacial score (nSPS) is 15.9. The molecule has 0 atom stereocenters. The number of benzene rings is 1. The van der Waals surface area contributed by atoms with Gasteiger partial charge in [0.05, 0.1) is 12.4 Å². The van der Waals surface area contributed by atoms with E-state index in [-0.39, 0.29) is 5.69 Å². The van der Waals surface area contributed by atoms with Gasteiger partial charge in [-0.25, -0.2) is 14.8 Å². The molecule has 108 valence electrons. The Balaban J connectivity index is 1.64. The van der Waals surface area contributed by atoms with Gasteiger partial charge in [0.2, 0.25) is 0 Å². The van der Waals surface area contributed by atoms with Crippen LogP contribution in [0.15, 0.2) is 42.7 Å². The highest BCUT2D eigenvalue weighted by molar-refractivity contribution is 5.84. The highest BCUT2D eigenvalue weighted by Crippen LogP contribution is 2.29. The zero-order chi connectivity index (χ0) is 14.7. The number of rotatable bonds is 3. The quantitative estimate of drug-likeness (QED) is 0.937. The van der Waals surface area contributed by atoms with Crippen molar-refractivity contribution in [2.24, 2.45) is 0 Å². The molecule has 5 heteroatoms. The van der Waals surface area contributed by atoms with E-state index in [4.69, 9.17) is 5.11 Å². The molecular formula is C16H17N3O2. The van der Waals surface area contributed by atoms with Gasteiger partial charge in [0.1, 0.15) is 5.82 Å². The van der Waals surface area contributed by atoms with E-state index < -0.39 is 5.97 Å². The lowest BCUT2D eigenvalue weighted by atomic mass is 9.89. The van der Waals surface area contributed by atoms with Gasteiger partial charge in [-0.1, -0.05) is 30.3 Å². The lowest BCUT2D eigenvalue weighted by Gasteiger charge is -2.32. The van der Waals surface area contributed by atoms with Crippen LogP contribution in [0.4, 0.5) is 5.82 Å². The van der Waals surface area contributed by atoms with Crippen molar-refractivity contribution >= 4 is 11.8 Å². The maximum Gasteiger partial charge on any atom is 0.356 e. The predicted molar refractivity (Wildman–Crippen MR) is 79.6 cm³/mol. The van der Waals surface area contributed by atoms with Gasteiger partial charge in [-0.15, -0.1) is 0 Å². The third-order valence-corrected chi connectivity index (χ3v) is 3.95. The number of hydrogen-bond donors (Lipinski definition) is 1. The molecule has 2 heterocycles. The molecule has 1 fully saturated rings. The molecule has 0 saturated carbocycles. The smallest absolute Gasteiger partial charge is 0.356 e. The Morgan fingerprint density at radius 2 is 1.81 bits per heavy atom. The zero-order valence-corrected chi connectivity index (χ0v) is 11.6. The lowest BCUT2D eigenvalue weighted by molar-refractivity contribution is 0.0690. The van der Waals surface area contributed by atoms with E-state index in [0.29, 0.717) is 5.92 Å². The van der Waals surface area contributed by atoms with Gasteiger partial charge >= 0.3 is 5.97 Å². The molecule has 2 aromatic rings. The molecule has 0 spiro atoms. The average molecular weight is 283 g/mol. The van der Waals surface area contributed by atoms with Crippen molar-refractivity contribution in [1.29, 1.82) is 0 Å². The molecule has 0 aliphatic carbocycles. The van der Waals surface area contributed by atoms with Crippen LogP contribution in [0, 0.1) is 0 Å². The first kappa shape index (κ1) is 13.5. The highest BCUT2D eigenvalue weighted by Gasteiger charge is 2.21. The molecule has 1 saturated heterocycles.